The number of hydrogen-bond acceptors (Lipinski definition) is 6. The average molecular weight is 395 g/mol. The molecule has 0 aromatic rings. The summed E-state index contributed by atoms with van der Waals surface area (Å²) in [4.78, 5) is 25.3. The van der Waals surface area contributed by atoms with E-state index < -0.39 is 53.1 Å². The number of esters is 1. The molecule has 3 N–H and O–H groups in total. The molecule has 1 unspecified atom stereocenters. The van der Waals surface area contributed by atoms with Gasteiger partial charge in [0.2, 0.25) is 0 Å². The zero-order valence-electron chi connectivity index (χ0n) is 17.4. The fraction of sp³-hybridized carbons (Fsp3) is 0.818. The summed E-state index contributed by atoms with van der Waals surface area (Å²) in [6, 6.07) is 0. The van der Waals surface area contributed by atoms with E-state index >= 15 is 0 Å². The van der Waals surface area contributed by atoms with Crippen LogP contribution in [0.25, 0.3) is 0 Å². The minimum atomic E-state index is -1.06. The maximum Gasteiger partial charge on any atom is 0.332 e. The van der Waals surface area contributed by atoms with Crippen LogP contribution in [-0.4, -0.2) is 52.0 Å². The second-order valence-corrected chi connectivity index (χ2v) is 9.88. The molecule has 28 heavy (non-hydrogen) atoms. The average Bonchev–Trinajstić information content (AvgIpc) is 2.94. The lowest BCUT2D eigenvalue weighted by Gasteiger charge is -2.61. The molecular formula is C22H34O6. The van der Waals surface area contributed by atoms with E-state index in [0.29, 0.717) is 12.8 Å². The number of carbonyl (C=O) groups is 2. The first kappa shape index (κ1) is 21.5. The number of Topliss-reactive ketones (excluding diaryl/α,β-unsaturated/α-hetero) is 1. The van der Waals surface area contributed by atoms with Gasteiger partial charge in [0.25, 0.3) is 0 Å². The van der Waals surface area contributed by atoms with Crippen LogP contribution in [-0.2, 0) is 14.3 Å². The third kappa shape index (κ3) is 2.71. The molecule has 2 bridgehead atoms. The molecule has 3 rings (SSSR count). The molecule has 0 aromatic heterocycles. The van der Waals surface area contributed by atoms with Gasteiger partial charge in [0.15, 0.2) is 5.78 Å². The van der Waals surface area contributed by atoms with Crippen LogP contribution in [0.15, 0.2) is 12.7 Å². The summed E-state index contributed by atoms with van der Waals surface area (Å²) in [6.45, 7) is 11.1. The second kappa shape index (κ2) is 6.92. The van der Waals surface area contributed by atoms with E-state index in [4.69, 9.17) is 4.74 Å². The van der Waals surface area contributed by atoms with Gasteiger partial charge < -0.3 is 20.1 Å². The van der Waals surface area contributed by atoms with E-state index in [-0.39, 0.29) is 17.6 Å². The fourth-order valence-corrected chi connectivity index (χ4v) is 6.68. The monoisotopic (exact) mass is 394 g/mol. The predicted octanol–water partition coefficient (Wildman–Crippen LogP) is 1.86. The van der Waals surface area contributed by atoms with Gasteiger partial charge in [0, 0.05) is 16.7 Å². The second-order valence-electron chi connectivity index (χ2n) is 9.88. The Bertz CT molecular complexity index is 676. The first-order valence-electron chi connectivity index (χ1n) is 10.3. The highest BCUT2D eigenvalue weighted by Gasteiger charge is 2.70. The maximum absolute atomic E-state index is 13.2. The summed E-state index contributed by atoms with van der Waals surface area (Å²) in [5.74, 6) is -1.60. The lowest BCUT2D eigenvalue weighted by atomic mass is 9.44. The first-order valence-corrected chi connectivity index (χ1v) is 10.3. The molecule has 0 saturated heterocycles. The van der Waals surface area contributed by atoms with Crippen LogP contribution in [0.2, 0.25) is 0 Å². The summed E-state index contributed by atoms with van der Waals surface area (Å²) in [7, 11) is 0. The van der Waals surface area contributed by atoms with E-state index in [1.807, 2.05) is 20.8 Å². The standard InChI is InChI=1S/C22H34O6/c1-6-20(4)10-15(28-16(25)11-23)21(5)12(2)7-8-22(13(3)19(20)27)9-14(24)17(26)18(21)22/h6,12-15,18-19,23-24,27H,1,7-11H2,2-5H3/t12-,13+,14-,15-,18?,19+,20-,21+,22+/m1/s1. The Labute approximate surface area is 167 Å². The molecule has 0 heterocycles. The number of rotatable bonds is 3. The van der Waals surface area contributed by atoms with Crippen LogP contribution >= 0.6 is 0 Å². The van der Waals surface area contributed by atoms with Crippen molar-refractivity contribution in [2.24, 2.45) is 34.0 Å². The van der Waals surface area contributed by atoms with E-state index in [1.165, 1.54) is 0 Å². The van der Waals surface area contributed by atoms with Gasteiger partial charge in [0.1, 0.15) is 18.8 Å². The number of aliphatic hydroxyl groups is 3. The highest BCUT2D eigenvalue weighted by atomic mass is 16.6. The Morgan fingerprint density at radius 1 is 1.29 bits per heavy atom. The number of aliphatic hydroxyl groups excluding tert-OH is 3. The number of hydrogen-bond donors (Lipinski definition) is 3. The SMILES string of the molecule is C=C[C@]1(C)C[C@@H](OC(=O)CO)[C@@]2(C)C3C(=O)[C@H](O)C[C@@]3(CC[C@H]2C)[C@@H](C)[C@@H]1O. The van der Waals surface area contributed by atoms with Gasteiger partial charge in [-0.05, 0) is 42.9 Å². The summed E-state index contributed by atoms with van der Waals surface area (Å²) >= 11 is 0. The smallest absolute Gasteiger partial charge is 0.332 e. The molecule has 0 amide bonds. The molecule has 3 fully saturated rings. The van der Waals surface area contributed by atoms with Gasteiger partial charge in [-0.25, -0.2) is 4.79 Å². The van der Waals surface area contributed by atoms with Crippen molar-refractivity contribution in [3.05, 3.63) is 12.7 Å². The third-order valence-electron chi connectivity index (χ3n) is 8.73. The van der Waals surface area contributed by atoms with Crippen molar-refractivity contribution < 1.29 is 29.6 Å². The molecule has 6 nitrogen and oxygen atoms in total. The van der Waals surface area contributed by atoms with Crippen LogP contribution < -0.4 is 0 Å². The normalized spacial score (nSPS) is 51.0. The molecule has 0 spiro atoms. The summed E-state index contributed by atoms with van der Waals surface area (Å²) in [5, 5.41) is 31.2. The van der Waals surface area contributed by atoms with E-state index in [1.54, 1.807) is 6.08 Å². The molecule has 0 aliphatic heterocycles. The molecule has 0 radical (unpaired) electrons. The van der Waals surface area contributed by atoms with Crippen LogP contribution in [0.3, 0.4) is 0 Å². The Hall–Kier alpha value is -1.24. The summed E-state index contributed by atoms with van der Waals surface area (Å²) < 4.78 is 5.72. The van der Waals surface area contributed by atoms with E-state index in [2.05, 4.69) is 13.5 Å². The summed E-state index contributed by atoms with van der Waals surface area (Å²) in [6.07, 6.45) is 1.37. The van der Waals surface area contributed by atoms with Crippen LogP contribution in [0, 0.1) is 34.0 Å². The van der Waals surface area contributed by atoms with E-state index in [0.717, 1.165) is 12.8 Å². The zero-order chi connectivity index (χ0) is 21.1. The maximum atomic E-state index is 13.2. The first-order chi connectivity index (χ1) is 13.0. The molecule has 9 atom stereocenters. The molecule has 3 aliphatic rings. The molecule has 3 saturated carbocycles. The topological polar surface area (TPSA) is 104 Å². The van der Waals surface area contributed by atoms with Crippen molar-refractivity contribution in [1.29, 1.82) is 0 Å². The van der Waals surface area contributed by atoms with Gasteiger partial charge in [-0.15, -0.1) is 6.58 Å². The summed E-state index contributed by atoms with van der Waals surface area (Å²) in [5.41, 5.74) is -1.98. The predicted molar refractivity (Wildman–Crippen MR) is 103 cm³/mol. The third-order valence-corrected chi connectivity index (χ3v) is 8.73. The zero-order valence-corrected chi connectivity index (χ0v) is 17.4. The Kier molecular flexibility index (Phi) is 5.31. The van der Waals surface area contributed by atoms with Crippen molar-refractivity contribution in [1.82, 2.24) is 0 Å². The van der Waals surface area contributed by atoms with Crippen molar-refractivity contribution in [2.45, 2.75) is 71.7 Å². The van der Waals surface area contributed by atoms with Crippen molar-refractivity contribution >= 4 is 11.8 Å². The van der Waals surface area contributed by atoms with Gasteiger partial charge in [-0.3, -0.25) is 4.79 Å². The van der Waals surface area contributed by atoms with Crippen molar-refractivity contribution in [3.8, 4) is 0 Å². The van der Waals surface area contributed by atoms with E-state index in [9.17, 15) is 24.9 Å². The Morgan fingerprint density at radius 3 is 2.50 bits per heavy atom. The van der Waals surface area contributed by atoms with Gasteiger partial charge >= 0.3 is 5.97 Å². The van der Waals surface area contributed by atoms with Crippen molar-refractivity contribution in [2.75, 3.05) is 6.61 Å². The highest BCUT2D eigenvalue weighted by molar-refractivity contribution is 5.89. The number of carbonyl (C=O) groups excluding carboxylic acids is 2. The van der Waals surface area contributed by atoms with Gasteiger partial charge in [-0.2, -0.15) is 0 Å². The highest BCUT2D eigenvalue weighted by Crippen LogP contribution is 2.67. The lowest BCUT2D eigenvalue weighted by Crippen LogP contribution is -2.63. The molecule has 3 aliphatic carbocycles. The fourth-order valence-electron chi connectivity index (χ4n) is 6.68. The number of ketones is 1. The lowest BCUT2D eigenvalue weighted by molar-refractivity contribution is -0.207. The van der Waals surface area contributed by atoms with Crippen LogP contribution in [0.4, 0.5) is 0 Å². The quantitative estimate of drug-likeness (QED) is 0.499. The molecule has 158 valence electrons. The van der Waals surface area contributed by atoms with Crippen LogP contribution in [0.5, 0.6) is 0 Å². The molecular weight excluding hydrogens is 360 g/mol. The minimum Gasteiger partial charge on any atom is -0.460 e. The van der Waals surface area contributed by atoms with Gasteiger partial charge in [0.05, 0.1) is 6.10 Å². The largest absolute Gasteiger partial charge is 0.460 e. The molecule has 6 heteroatoms. The van der Waals surface area contributed by atoms with Crippen molar-refractivity contribution in [3.63, 3.8) is 0 Å². The number of ether oxygens (including phenoxy) is 1. The van der Waals surface area contributed by atoms with Gasteiger partial charge in [-0.1, -0.05) is 33.8 Å². The Morgan fingerprint density at radius 2 is 1.93 bits per heavy atom. The molecule has 0 aromatic carbocycles. The van der Waals surface area contributed by atoms with Crippen LogP contribution in [0.1, 0.15) is 53.4 Å². The minimum absolute atomic E-state index is 0.0767. The Balaban J connectivity index is 2.24.